The van der Waals surface area contributed by atoms with Crippen LogP contribution in [0.15, 0.2) is 12.1 Å². The van der Waals surface area contributed by atoms with Crippen LogP contribution in [0.1, 0.15) is 56.9 Å². The maximum absolute atomic E-state index is 14.0. The SMILES string of the molecule is NC(Cc1cc(F)c(F)cc1F)C1C[C@H]2CC[C@@H](C1)N2C(=O)CCS(=O)(=O)CC1CCCCO1. The highest BCUT2D eigenvalue weighted by Crippen LogP contribution is 2.40. The minimum atomic E-state index is -3.38. The Balaban J connectivity index is 1.31. The number of hydrogen-bond donors (Lipinski definition) is 1. The number of sulfone groups is 1. The quantitative estimate of drug-likeness (QED) is 0.552. The van der Waals surface area contributed by atoms with Crippen LogP contribution in [0.5, 0.6) is 0 Å². The van der Waals surface area contributed by atoms with Gasteiger partial charge in [0.05, 0.1) is 17.6 Å². The maximum Gasteiger partial charge on any atom is 0.224 e. The topological polar surface area (TPSA) is 89.7 Å². The Kier molecular flexibility index (Phi) is 7.89. The Hall–Kier alpha value is -1.65. The molecule has 34 heavy (non-hydrogen) atoms. The molecule has 190 valence electrons. The highest BCUT2D eigenvalue weighted by Gasteiger charge is 2.44. The van der Waals surface area contributed by atoms with E-state index in [1.54, 1.807) is 0 Å². The van der Waals surface area contributed by atoms with Crippen molar-refractivity contribution in [1.82, 2.24) is 4.90 Å². The van der Waals surface area contributed by atoms with Crippen LogP contribution in [0.3, 0.4) is 0 Å². The van der Waals surface area contributed by atoms with Gasteiger partial charge in [0.25, 0.3) is 0 Å². The second-order valence-corrected chi connectivity index (χ2v) is 12.2. The molecule has 3 aliphatic heterocycles. The fraction of sp³-hybridized carbons (Fsp3) is 0.708. The van der Waals surface area contributed by atoms with Gasteiger partial charge in [-0.1, -0.05) is 0 Å². The lowest BCUT2D eigenvalue weighted by Gasteiger charge is -2.41. The van der Waals surface area contributed by atoms with Gasteiger partial charge in [0, 0.05) is 37.2 Å². The van der Waals surface area contributed by atoms with Crippen molar-refractivity contribution in [2.75, 3.05) is 18.1 Å². The van der Waals surface area contributed by atoms with Crippen molar-refractivity contribution in [3.05, 3.63) is 35.1 Å². The zero-order chi connectivity index (χ0) is 24.5. The second-order valence-electron chi connectivity index (χ2n) is 10.00. The maximum atomic E-state index is 14.0. The zero-order valence-corrected chi connectivity index (χ0v) is 20.0. The molecule has 5 atom stereocenters. The largest absolute Gasteiger partial charge is 0.377 e. The van der Waals surface area contributed by atoms with E-state index < -0.39 is 33.3 Å². The molecule has 6 nitrogen and oxygen atoms in total. The van der Waals surface area contributed by atoms with Gasteiger partial charge in [-0.2, -0.15) is 0 Å². The molecule has 3 heterocycles. The Labute approximate surface area is 198 Å². The number of halogens is 3. The first-order valence-electron chi connectivity index (χ1n) is 12.1. The van der Waals surface area contributed by atoms with E-state index in [2.05, 4.69) is 0 Å². The Morgan fingerprint density at radius 1 is 1.06 bits per heavy atom. The molecule has 3 aliphatic rings. The predicted molar refractivity (Wildman–Crippen MR) is 121 cm³/mol. The van der Waals surface area contributed by atoms with Crippen LogP contribution in [-0.2, 0) is 25.8 Å². The van der Waals surface area contributed by atoms with E-state index in [1.165, 1.54) is 0 Å². The van der Waals surface area contributed by atoms with Crippen LogP contribution in [-0.4, -0.2) is 61.6 Å². The van der Waals surface area contributed by atoms with Crippen LogP contribution in [0.2, 0.25) is 0 Å². The zero-order valence-electron chi connectivity index (χ0n) is 19.2. The fourth-order valence-electron chi connectivity index (χ4n) is 5.79. The Bertz CT molecular complexity index is 986. The number of fused-ring (bicyclic) bond motifs is 2. The summed E-state index contributed by atoms with van der Waals surface area (Å²) in [5.41, 5.74) is 6.38. The minimum Gasteiger partial charge on any atom is -0.377 e. The molecule has 0 radical (unpaired) electrons. The Morgan fingerprint density at radius 2 is 1.74 bits per heavy atom. The van der Waals surface area contributed by atoms with Gasteiger partial charge in [-0.3, -0.25) is 4.79 Å². The molecule has 3 saturated heterocycles. The average Bonchev–Trinajstić information content (AvgIpc) is 3.05. The summed E-state index contributed by atoms with van der Waals surface area (Å²) in [6.45, 7) is 0.586. The Morgan fingerprint density at radius 3 is 2.38 bits per heavy atom. The molecule has 2 bridgehead atoms. The lowest BCUT2D eigenvalue weighted by Crippen LogP contribution is -2.50. The summed E-state index contributed by atoms with van der Waals surface area (Å²) in [6.07, 6.45) is 5.33. The lowest BCUT2D eigenvalue weighted by molar-refractivity contribution is -0.136. The molecule has 2 N–H and O–H groups in total. The van der Waals surface area contributed by atoms with Crippen molar-refractivity contribution >= 4 is 15.7 Å². The number of benzene rings is 1. The fourth-order valence-corrected chi connectivity index (χ4v) is 7.28. The molecule has 0 saturated carbocycles. The molecule has 4 rings (SSSR count). The summed E-state index contributed by atoms with van der Waals surface area (Å²) in [4.78, 5) is 14.8. The van der Waals surface area contributed by atoms with Crippen LogP contribution >= 0.6 is 0 Å². The molecule has 0 aliphatic carbocycles. The molecular weight excluding hydrogens is 469 g/mol. The lowest BCUT2D eigenvalue weighted by atomic mass is 9.82. The van der Waals surface area contributed by atoms with Gasteiger partial charge in [0.15, 0.2) is 21.5 Å². The first-order chi connectivity index (χ1) is 16.1. The second kappa shape index (κ2) is 10.5. The van der Waals surface area contributed by atoms with Crippen LogP contribution in [0, 0.1) is 23.4 Å². The number of nitrogens with zero attached hydrogens (tertiary/aromatic N) is 1. The number of carbonyl (C=O) groups excluding carboxylic acids is 1. The molecular formula is C24H33F3N2O4S. The third kappa shape index (κ3) is 5.94. The number of nitrogens with two attached hydrogens (primary N) is 1. The summed E-state index contributed by atoms with van der Waals surface area (Å²) >= 11 is 0. The summed E-state index contributed by atoms with van der Waals surface area (Å²) in [7, 11) is -3.38. The van der Waals surface area contributed by atoms with Gasteiger partial charge in [0.2, 0.25) is 5.91 Å². The molecule has 3 unspecified atom stereocenters. The van der Waals surface area contributed by atoms with E-state index in [4.69, 9.17) is 10.5 Å². The first-order valence-corrected chi connectivity index (χ1v) is 14.0. The van der Waals surface area contributed by atoms with Gasteiger partial charge in [-0.25, -0.2) is 21.6 Å². The molecule has 1 amide bonds. The molecule has 10 heteroatoms. The number of rotatable bonds is 8. The van der Waals surface area contributed by atoms with E-state index >= 15 is 0 Å². The molecule has 3 fully saturated rings. The van der Waals surface area contributed by atoms with E-state index in [-0.39, 0.29) is 59.9 Å². The van der Waals surface area contributed by atoms with E-state index in [9.17, 15) is 26.4 Å². The van der Waals surface area contributed by atoms with Gasteiger partial charge < -0.3 is 15.4 Å². The number of hydrogen-bond acceptors (Lipinski definition) is 5. The summed E-state index contributed by atoms with van der Waals surface area (Å²) in [5.74, 6) is -3.50. The number of piperidine rings is 1. The summed E-state index contributed by atoms with van der Waals surface area (Å²) in [6, 6.07) is 0.895. The van der Waals surface area contributed by atoms with Crippen LogP contribution in [0.4, 0.5) is 13.2 Å². The van der Waals surface area contributed by atoms with Gasteiger partial charge >= 0.3 is 0 Å². The molecule has 0 spiro atoms. The van der Waals surface area contributed by atoms with E-state index in [0.717, 1.165) is 38.2 Å². The van der Waals surface area contributed by atoms with Gasteiger partial charge in [-0.15, -0.1) is 0 Å². The van der Waals surface area contributed by atoms with Crippen LogP contribution < -0.4 is 5.73 Å². The van der Waals surface area contributed by atoms with Crippen molar-refractivity contribution < 1.29 is 31.1 Å². The van der Waals surface area contributed by atoms with Crippen molar-refractivity contribution in [2.24, 2.45) is 11.7 Å². The summed E-state index contributed by atoms with van der Waals surface area (Å²) < 4.78 is 71.3. The highest BCUT2D eigenvalue weighted by molar-refractivity contribution is 7.91. The van der Waals surface area contributed by atoms with Crippen molar-refractivity contribution in [2.45, 2.75) is 82.0 Å². The molecule has 1 aromatic rings. The highest BCUT2D eigenvalue weighted by atomic mass is 32.2. The van der Waals surface area contributed by atoms with Gasteiger partial charge in [0.1, 0.15) is 5.82 Å². The van der Waals surface area contributed by atoms with E-state index in [1.807, 2.05) is 4.90 Å². The van der Waals surface area contributed by atoms with Crippen molar-refractivity contribution in [3.63, 3.8) is 0 Å². The van der Waals surface area contributed by atoms with Crippen molar-refractivity contribution in [3.8, 4) is 0 Å². The standard InChI is InChI=1S/C24H33F3N2O4S/c25-20-13-22(27)21(26)11-15(20)12-23(28)16-9-17-4-5-18(10-16)29(17)24(30)6-8-34(31,32)14-19-3-1-2-7-33-19/h11,13,16-19,23H,1-10,12,14,28H2/t16?,17-,18+,19?,23?. The smallest absolute Gasteiger partial charge is 0.224 e. The number of carbonyl (C=O) groups is 1. The first kappa shape index (κ1) is 25.4. The van der Waals surface area contributed by atoms with Gasteiger partial charge in [-0.05, 0) is 68.9 Å². The normalized spacial score (nSPS) is 28.2. The van der Waals surface area contributed by atoms with Crippen LogP contribution in [0.25, 0.3) is 0 Å². The van der Waals surface area contributed by atoms with Crippen molar-refractivity contribution in [1.29, 1.82) is 0 Å². The molecule has 1 aromatic carbocycles. The molecule has 0 aromatic heterocycles. The third-order valence-electron chi connectivity index (χ3n) is 7.55. The number of amides is 1. The third-order valence-corrected chi connectivity index (χ3v) is 9.25. The summed E-state index contributed by atoms with van der Waals surface area (Å²) in [5, 5.41) is 0. The minimum absolute atomic E-state index is 0.0150. The predicted octanol–water partition coefficient (Wildman–Crippen LogP) is 3.12. The number of ether oxygens (including phenoxy) is 1. The van der Waals surface area contributed by atoms with E-state index in [0.29, 0.717) is 25.5 Å². The average molecular weight is 503 g/mol. The monoisotopic (exact) mass is 502 g/mol.